The first kappa shape index (κ1) is 37.9. The van der Waals surface area contributed by atoms with E-state index >= 15 is 0 Å². The molecular weight excluding hydrogens is 608 g/mol. The number of esters is 1. The molecule has 1 unspecified atom stereocenters. The molecule has 47 heavy (non-hydrogen) atoms. The SMILES string of the molecule is CO[C@]1(C)C[C@@H](C)CN(C)[C@H](C)[C@H]2NC(=O)O[C@]2(C)COC(=O)C(C)(C)C(=O)[C@H](C)[C@H]1O[C@@H]1O[C@H](CNC2CC2)CC(N(C)C)[C@H]1O. The van der Waals surface area contributed by atoms with Crippen LogP contribution in [0.25, 0.3) is 0 Å². The first-order chi connectivity index (χ1) is 21.8. The molecule has 1 aliphatic carbocycles. The van der Waals surface area contributed by atoms with Crippen LogP contribution >= 0.6 is 0 Å². The highest BCUT2D eigenvalue weighted by atomic mass is 16.7. The Morgan fingerprint density at radius 2 is 1.77 bits per heavy atom. The second-order valence-corrected chi connectivity index (χ2v) is 15.8. The minimum Gasteiger partial charge on any atom is -0.461 e. The smallest absolute Gasteiger partial charge is 0.408 e. The molecule has 0 spiro atoms. The summed E-state index contributed by atoms with van der Waals surface area (Å²) in [7, 11) is 7.43. The Kier molecular flexibility index (Phi) is 11.7. The molecule has 0 aromatic rings. The third kappa shape index (κ3) is 8.30. The van der Waals surface area contributed by atoms with E-state index in [9.17, 15) is 19.5 Å². The number of aliphatic hydroxyl groups is 1. The molecular formula is C34H60N4O9. The molecule has 1 amide bonds. The van der Waals surface area contributed by atoms with Gasteiger partial charge in [0.15, 0.2) is 17.7 Å². The summed E-state index contributed by atoms with van der Waals surface area (Å²) >= 11 is 0. The maximum absolute atomic E-state index is 14.4. The predicted octanol–water partition coefficient (Wildman–Crippen LogP) is 1.94. The van der Waals surface area contributed by atoms with Gasteiger partial charge in [0.2, 0.25) is 0 Å². The van der Waals surface area contributed by atoms with Gasteiger partial charge in [-0.25, -0.2) is 4.79 Å². The molecule has 13 heteroatoms. The largest absolute Gasteiger partial charge is 0.461 e. The van der Waals surface area contributed by atoms with E-state index in [-0.39, 0.29) is 30.7 Å². The van der Waals surface area contributed by atoms with Crippen LogP contribution in [0.4, 0.5) is 4.79 Å². The molecule has 4 rings (SSSR count). The molecule has 1 saturated carbocycles. The van der Waals surface area contributed by atoms with Crippen molar-refractivity contribution < 1.29 is 43.2 Å². The lowest BCUT2D eigenvalue weighted by atomic mass is 9.74. The fourth-order valence-corrected chi connectivity index (χ4v) is 7.71. The molecule has 3 heterocycles. The molecule has 0 radical (unpaired) electrons. The third-order valence-electron chi connectivity index (χ3n) is 11.0. The summed E-state index contributed by atoms with van der Waals surface area (Å²) in [4.78, 5) is 44.5. The van der Waals surface area contributed by atoms with Crippen molar-refractivity contribution >= 4 is 17.8 Å². The van der Waals surface area contributed by atoms with Crippen LogP contribution in [-0.4, -0.2) is 141 Å². The quantitative estimate of drug-likeness (QED) is 0.269. The normalized spacial score (nSPS) is 42.6. The number of amides is 1. The van der Waals surface area contributed by atoms with Gasteiger partial charge in [-0.05, 0) is 87.4 Å². The minimum atomic E-state index is -1.57. The van der Waals surface area contributed by atoms with Crippen LogP contribution < -0.4 is 10.6 Å². The van der Waals surface area contributed by atoms with E-state index in [1.807, 2.05) is 39.9 Å². The first-order valence-corrected chi connectivity index (χ1v) is 17.2. The first-order valence-electron chi connectivity index (χ1n) is 17.2. The molecule has 0 aromatic carbocycles. The summed E-state index contributed by atoms with van der Waals surface area (Å²) < 4.78 is 30.8. The second-order valence-electron chi connectivity index (χ2n) is 15.8. The van der Waals surface area contributed by atoms with Crippen LogP contribution in [-0.2, 0) is 33.3 Å². The summed E-state index contributed by atoms with van der Waals surface area (Å²) in [5.41, 5.74) is -3.72. The minimum absolute atomic E-state index is 0.0447. The lowest BCUT2D eigenvalue weighted by molar-refractivity contribution is -0.297. The summed E-state index contributed by atoms with van der Waals surface area (Å²) in [6.45, 7) is 13.6. The number of fused-ring (bicyclic) bond motifs is 1. The maximum atomic E-state index is 14.4. The van der Waals surface area contributed by atoms with Gasteiger partial charge in [0, 0.05) is 44.2 Å². The average molecular weight is 669 g/mol. The fraction of sp³-hybridized carbons (Fsp3) is 0.912. The molecule has 4 fully saturated rings. The number of likely N-dealkylation sites (N-methyl/N-ethyl adjacent to an activating group) is 2. The van der Waals surface area contributed by atoms with Crippen LogP contribution in [0.3, 0.4) is 0 Å². The predicted molar refractivity (Wildman–Crippen MR) is 175 cm³/mol. The molecule has 0 bridgehead atoms. The number of alkyl carbamates (subject to hydrolysis) is 1. The zero-order chi connectivity index (χ0) is 35.1. The van der Waals surface area contributed by atoms with Gasteiger partial charge in [-0.2, -0.15) is 0 Å². The van der Waals surface area contributed by atoms with Crippen molar-refractivity contribution in [2.75, 3.05) is 47.9 Å². The number of cyclic esters (lactones) is 1. The summed E-state index contributed by atoms with van der Waals surface area (Å²) in [5.74, 6) is -1.94. The molecule has 270 valence electrons. The van der Waals surface area contributed by atoms with Gasteiger partial charge < -0.3 is 49.2 Å². The Balaban J connectivity index is 1.69. The number of carbonyl (C=O) groups excluding carboxylic acids is 3. The van der Waals surface area contributed by atoms with Gasteiger partial charge in [0.1, 0.15) is 18.1 Å². The number of carbonyl (C=O) groups is 3. The van der Waals surface area contributed by atoms with E-state index < -0.39 is 64.9 Å². The lowest BCUT2D eigenvalue weighted by Crippen LogP contribution is -2.60. The zero-order valence-corrected chi connectivity index (χ0v) is 30.3. The summed E-state index contributed by atoms with van der Waals surface area (Å²) in [5, 5.41) is 18.0. The summed E-state index contributed by atoms with van der Waals surface area (Å²) in [6, 6.07) is -0.382. The standard InChI is InChI=1S/C34H60N4O9/c1-19-15-33(6,43-11)28(46-29-25(39)24(37(8)9)14-23(45-29)16-35-22-12-13-22)20(2)27(40)32(4,5)30(41)44-18-34(7)26(36-31(42)47-34)21(3)38(10)17-19/h19-26,28-29,35,39H,12-18H2,1-11H3,(H,36,42)/t19-,20+,21-,23+,24?,25-,26-,28-,29+,33-,34-/m1/s1. The van der Waals surface area contributed by atoms with Crippen molar-refractivity contribution in [3.8, 4) is 0 Å². The number of rotatable bonds is 7. The molecule has 3 N–H and O–H groups in total. The second kappa shape index (κ2) is 14.5. The Morgan fingerprint density at radius 3 is 2.36 bits per heavy atom. The number of Topliss-reactive ketones (excluding diaryl/α,β-unsaturated/α-hetero) is 1. The number of methoxy groups -OCH3 is 1. The number of ketones is 1. The number of hydrogen-bond acceptors (Lipinski definition) is 12. The van der Waals surface area contributed by atoms with Crippen molar-refractivity contribution in [1.82, 2.24) is 20.4 Å². The van der Waals surface area contributed by atoms with E-state index in [1.54, 1.807) is 34.8 Å². The molecule has 13 nitrogen and oxygen atoms in total. The van der Waals surface area contributed by atoms with Crippen LogP contribution in [0.2, 0.25) is 0 Å². The van der Waals surface area contributed by atoms with E-state index in [1.165, 1.54) is 0 Å². The van der Waals surface area contributed by atoms with E-state index in [0.717, 1.165) is 12.8 Å². The molecule has 4 aliphatic rings. The monoisotopic (exact) mass is 668 g/mol. The highest BCUT2D eigenvalue weighted by Gasteiger charge is 2.54. The van der Waals surface area contributed by atoms with Crippen molar-refractivity contribution in [3.05, 3.63) is 0 Å². The Bertz CT molecular complexity index is 1130. The van der Waals surface area contributed by atoms with Gasteiger partial charge in [0.05, 0.1) is 23.9 Å². The topological polar surface area (TPSA) is 148 Å². The average Bonchev–Trinajstić information content (AvgIpc) is 3.78. The van der Waals surface area contributed by atoms with Crippen LogP contribution in [0.5, 0.6) is 0 Å². The van der Waals surface area contributed by atoms with Crippen LogP contribution in [0, 0.1) is 17.3 Å². The lowest BCUT2D eigenvalue weighted by Gasteiger charge is -2.47. The molecule has 0 aromatic heterocycles. The van der Waals surface area contributed by atoms with Crippen molar-refractivity contribution in [2.45, 2.75) is 134 Å². The fourth-order valence-electron chi connectivity index (χ4n) is 7.71. The van der Waals surface area contributed by atoms with Crippen molar-refractivity contribution in [1.29, 1.82) is 0 Å². The van der Waals surface area contributed by atoms with Crippen LogP contribution in [0.15, 0.2) is 0 Å². The highest BCUT2D eigenvalue weighted by molar-refractivity contribution is 6.04. The van der Waals surface area contributed by atoms with Crippen LogP contribution in [0.1, 0.15) is 74.1 Å². The van der Waals surface area contributed by atoms with E-state index in [0.29, 0.717) is 32.0 Å². The van der Waals surface area contributed by atoms with E-state index in [2.05, 4.69) is 22.5 Å². The summed E-state index contributed by atoms with van der Waals surface area (Å²) in [6.07, 6.45) is -0.287. The molecule has 11 atom stereocenters. The zero-order valence-electron chi connectivity index (χ0n) is 30.3. The third-order valence-corrected chi connectivity index (χ3v) is 11.0. The number of nitrogens with zero attached hydrogens (tertiary/aromatic N) is 2. The van der Waals surface area contributed by atoms with Gasteiger partial charge in [-0.3, -0.25) is 9.59 Å². The highest BCUT2D eigenvalue weighted by Crippen LogP contribution is 2.39. The molecule has 3 saturated heterocycles. The number of hydrogen-bond donors (Lipinski definition) is 3. The number of ether oxygens (including phenoxy) is 5. The molecule has 3 aliphatic heterocycles. The van der Waals surface area contributed by atoms with Gasteiger partial charge in [-0.15, -0.1) is 0 Å². The van der Waals surface area contributed by atoms with E-state index in [4.69, 9.17) is 23.7 Å². The Labute approximate surface area is 280 Å². The van der Waals surface area contributed by atoms with Gasteiger partial charge in [0.25, 0.3) is 0 Å². The maximum Gasteiger partial charge on any atom is 0.408 e. The van der Waals surface area contributed by atoms with Crippen molar-refractivity contribution in [2.24, 2.45) is 17.3 Å². The number of aliphatic hydroxyl groups excluding tert-OH is 1. The van der Waals surface area contributed by atoms with Gasteiger partial charge in [-0.1, -0.05) is 13.8 Å². The Morgan fingerprint density at radius 1 is 1.11 bits per heavy atom. The number of nitrogens with one attached hydrogen (secondary N) is 2. The Hall–Kier alpha value is -1.87. The van der Waals surface area contributed by atoms with Gasteiger partial charge >= 0.3 is 12.1 Å². The van der Waals surface area contributed by atoms with Crippen molar-refractivity contribution in [3.63, 3.8) is 0 Å².